The summed E-state index contributed by atoms with van der Waals surface area (Å²) in [5.74, 6) is 1.11. The topological polar surface area (TPSA) is 9.23 Å². The Labute approximate surface area is 147 Å². The molecule has 0 radical (unpaired) electrons. The Balaban J connectivity index is 3.37. The van der Waals surface area contributed by atoms with Crippen molar-refractivity contribution in [2.45, 2.75) is 90.9 Å². The van der Waals surface area contributed by atoms with E-state index in [4.69, 9.17) is 16.3 Å². The Hall–Kier alpha value is 1.31. The number of unbranched alkanes of at least 4 members (excludes halogenated alkanes) is 10. The zero-order valence-electron chi connectivity index (χ0n) is 14.0. The molecule has 1 unspecified atom stereocenters. The summed E-state index contributed by atoms with van der Waals surface area (Å²) >= 11 is 11.9. The number of rotatable bonds is 16. The molecular formula is C16H35OPS3. The highest BCUT2D eigenvalue weighted by atomic mass is 33.2. The molecule has 21 heavy (non-hydrogen) atoms. The molecule has 0 saturated heterocycles. The second-order valence-electron chi connectivity index (χ2n) is 5.67. The van der Waals surface area contributed by atoms with E-state index in [-0.39, 0.29) is 0 Å². The van der Waals surface area contributed by atoms with Gasteiger partial charge < -0.3 is 4.52 Å². The molecule has 0 rings (SSSR count). The van der Waals surface area contributed by atoms with Gasteiger partial charge in [-0.15, -0.1) is 12.2 Å². The van der Waals surface area contributed by atoms with Crippen LogP contribution in [0.3, 0.4) is 0 Å². The zero-order chi connectivity index (χ0) is 15.8. The molecule has 0 bridgehead atoms. The van der Waals surface area contributed by atoms with Crippen molar-refractivity contribution < 1.29 is 4.52 Å². The van der Waals surface area contributed by atoms with E-state index >= 15 is 0 Å². The highest BCUT2D eigenvalue weighted by Gasteiger charge is 2.12. The van der Waals surface area contributed by atoms with E-state index in [0.717, 1.165) is 18.8 Å². The van der Waals surface area contributed by atoms with Crippen molar-refractivity contribution >= 4 is 40.1 Å². The third-order valence-electron chi connectivity index (χ3n) is 3.50. The summed E-state index contributed by atoms with van der Waals surface area (Å²) in [6.45, 7) is 5.31. The molecule has 0 amide bonds. The highest BCUT2D eigenvalue weighted by Crippen LogP contribution is 2.64. The first kappa shape index (κ1) is 22.3. The van der Waals surface area contributed by atoms with E-state index in [1.165, 1.54) is 70.6 Å². The molecule has 1 nitrogen and oxygen atoms in total. The summed E-state index contributed by atoms with van der Waals surface area (Å²) in [6, 6.07) is 0. The maximum Gasteiger partial charge on any atom is 0.171 e. The molecule has 0 saturated carbocycles. The van der Waals surface area contributed by atoms with Gasteiger partial charge in [0.15, 0.2) is 4.67 Å². The Morgan fingerprint density at radius 2 is 1.29 bits per heavy atom. The lowest BCUT2D eigenvalue weighted by molar-refractivity contribution is 0.347. The second-order valence-corrected chi connectivity index (χ2v) is 15.4. The van der Waals surface area contributed by atoms with Crippen molar-refractivity contribution in [2.75, 3.05) is 12.4 Å². The van der Waals surface area contributed by atoms with Gasteiger partial charge in [-0.3, -0.25) is 0 Å². The van der Waals surface area contributed by atoms with Gasteiger partial charge in [-0.1, -0.05) is 89.4 Å². The predicted molar refractivity (Wildman–Crippen MR) is 108 cm³/mol. The minimum absolute atomic E-state index is 0.802. The van der Waals surface area contributed by atoms with Crippen LogP contribution in [-0.4, -0.2) is 12.4 Å². The lowest BCUT2D eigenvalue weighted by Gasteiger charge is -2.15. The van der Waals surface area contributed by atoms with Crippen LogP contribution in [0.15, 0.2) is 0 Å². The maximum atomic E-state index is 5.83. The van der Waals surface area contributed by atoms with Crippen LogP contribution in [-0.2, 0) is 16.3 Å². The van der Waals surface area contributed by atoms with Crippen molar-refractivity contribution in [1.29, 1.82) is 0 Å². The van der Waals surface area contributed by atoms with Crippen LogP contribution in [0.4, 0.5) is 0 Å². The van der Waals surface area contributed by atoms with Gasteiger partial charge in [-0.2, -0.15) is 0 Å². The fourth-order valence-electron chi connectivity index (χ4n) is 2.16. The first-order valence-electron chi connectivity index (χ1n) is 8.74. The summed E-state index contributed by atoms with van der Waals surface area (Å²) in [5.41, 5.74) is 0. The summed E-state index contributed by atoms with van der Waals surface area (Å²) in [7, 11) is 0. The first-order chi connectivity index (χ1) is 10.1. The summed E-state index contributed by atoms with van der Waals surface area (Å²) in [5, 5.41) is 0. The van der Waals surface area contributed by atoms with Gasteiger partial charge in [0, 0.05) is 5.75 Å². The van der Waals surface area contributed by atoms with Crippen LogP contribution in [0.5, 0.6) is 0 Å². The molecule has 0 aliphatic heterocycles. The van der Waals surface area contributed by atoms with Crippen molar-refractivity contribution in [3.8, 4) is 0 Å². The van der Waals surface area contributed by atoms with Crippen molar-refractivity contribution in [1.82, 2.24) is 0 Å². The smallest absolute Gasteiger partial charge is 0.171 e. The van der Waals surface area contributed by atoms with Gasteiger partial charge in [-0.25, -0.2) is 0 Å². The minimum atomic E-state index is -1.87. The molecule has 0 aromatic rings. The third-order valence-corrected chi connectivity index (χ3v) is 9.30. The van der Waals surface area contributed by atoms with Crippen LogP contribution < -0.4 is 0 Å². The van der Waals surface area contributed by atoms with Gasteiger partial charge in [-0.05, 0) is 24.6 Å². The van der Waals surface area contributed by atoms with Gasteiger partial charge in [0.25, 0.3) is 0 Å². The second kappa shape index (κ2) is 16.2. The molecular weight excluding hydrogens is 335 g/mol. The Morgan fingerprint density at radius 3 is 1.86 bits per heavy atom. The molecule has 0 aliphatic carbocycles. The Bertz CT molecular complexity index is 240. The largest absolute Gasteiger partial charge is 0.334 e. The number of thiol groups is 1. The Kier molecular flexibility index (Phi) is 17.2. The van der Waals surface area contributed by atoms with Crippen molar-refractivity contribution in [2.24, 2.45) is 0 Å². The fourth-order valence-corrected chi connectivity index (χ4v) is 6.56. The van der Waals surface area contributed by atoms with Crippen LogP contribution in [0.1, 0.15) is 90.9 Å². The summed E-state index contributed by atoms with van der Waals surface area (Å²) in [6.07, 6.45) is 15.8. The Morgan fingerprint density at radius 1 is 0.810 bits per heavy atom. The minimum Gasteiger partial charge on any atom is -0.334 e. The quantitative estimate of drug-likeness (QED) is 0.170. The van der Waals surface area contributed by atoms with E-state index in [2.05, 4.69) is 26.1 Å². The molecule has 0 heterocycles. The van der Waals surface area contributed by atoms with Crippen LogP contribution in [0.25, 0.3) is 0 Å². The molecule has 0 aliphatic rings. The zero-order valence-corrected chi connectivity index (χ0v) is 17.4. The maximum absolute atomic E-state index is 5.83. The van der Waals surface area contributed by atoms with Gasteiger partial charge in [0.05, 0.1) is 6.61 Å². The molecule has 128 valence electrons. The molecule has 5 heteroatoms. The molecule has 0 fully saturated rings. The molecule has 1 atom stereocenters. The predicted octanol–water partition coefficient (Wildman–Crippen LogP) is 7.61. The molecule has 0 N–H and O–H groups in total. The highest BCUT2D eigenvalue weighted by molar-refractivity contribution is 8.95. The standard InChI is InChI=1S/C16H35OPS3/c1-3-5-7-9-11-13-15-17-18(19,20)21-16-14-12-10-8-6-4-2/h3-16H2,1-2H3,(H,19,20). The summed E-state index contributed by atoms with van der Waals surface area (Å²) in [4.78, 5) is 0. The van der Waals surface area contributed by atoms with E-state index in [1.54, 1.807) is 11.4 Å². The van der Waals surface area contributed by atoms with Crippen LogP contribution >= 0.6 is 28.3 Å². The van der Waals surface area contributed by atoms with Crippen molar-refractivity contribution in [3.63, 3.8) is 0 Å². The van der Waals surface area contributed by atoms with E-state index < -0.39 is 4.67 Å². The SMILES string of the molecule is CCCCCCCCOP(=S)(S)SCCCCCCCC. The van der Waals surface area contributed by atoms with Gasteiger partial charge in [0.1, 0.15) is 0 Å². The molecule has 0 aromatic carbocycles. The lowest BCUT2D eigenvalue weighted by atomic mass is 10.1. The fraction of sp³-hybridized carbons (Fsp3) is 1.00. The van der Waals surface area contributed by atoms with E-state index in [0.29, 0.717) is 0 Å². The van der Waals surface area contributed by atoms with Crippen LogP contribution in [0, 0.1) is 0 Å². The van der Waals surface area contributed by atoms with E-state index in [1.807, 2.05) is 0 Å². The van der Waals surface area contributed by atoms with Gasteiger partial charge in [0.2, 0.25) is 0 Å². The van der Waals surface area contributed by atoms with Crippen LogP contribution in [0.2, 0.25) is 0 Å². The summed E-state index contributed by atoms with van der Waals surface area (Å²) < 4.78 is 3.96. The lowest BCUT2D eigenvalue weighted by Crippen LogP contribution is -1.90. The normalized spacial score (nSPS) is 14.2. The first-order valence-corrected chi connectivity index (χ1v) is 14.2. The monoisotopic (exact) mass is 370 g/mol. The van der Waals surface area contributed by atoms with Gasteiger partial charge >= 0.3 is 0 Å². The number of hydrogen-bond acceptors (Lipinski definition) is 3. The number of hydrogen-bond donors (Lipinski definition) is 1. The molecule has 0 aromatic heterocycles. The average Bonchev–Trinajstić information content (AvgIpc) is 2.45. The van der Waals surface area contributed by atoms with E-state index in [9.17, 15) is 0 Å². The average molecular weight is 371 g/mol. The van der Waals surface area contributed by atoms with Crippen molar-refractivity contribution in [3.05, 3.63) is 0 Å². The molecule has 0 spiro atoms. The third kappa shape index (κ3) is 17.5.